The molecule has 0 aromatic heterocycles. The third kappa shape index (κ3) is 2.81. The number of fused-ring (bicyclic) bond motifs is 2. The molecule has 1 aromatic rings. The second-order valence-electron chi connectivity index (χ2n) is 7.68. The average Bonchev–Trinajstić information content (AvgIpc) is 2.82. The van der Waals surface area contributed by atoms with Crippen molar-refractivity contribution in [2.45, 2.75) is 85.0 Å². The minimum Gasteiger partial charge on any atom is -0.393 e. The van der Waals surface area contributed by atoms with Crippen molar-refractivity contribution < 1.29 is 9.90 Å². The van der Waals surface area contributed by atoms with Gasteiger partial charge in [-0.2, -0.15) is 0 Å². The number of carbonyl (C=O) groups is 1. The average molecular weight is 330 g/mol. The fourth-order valence-electron chi connectivity index (χ4n) is 4.58. The summed E-state index contributed by atoms with van der Waals surface area (Å²) in [5, 5.41) is 13.0. The highest BCUT2D eigenvalue weighted by Crippen LogP contribution is 2.35. The SMILES string of the molecule is Cc1c(C)c(C)c(CNC(=O)N2C3CCC2CC(O)C3)c(C)c1C. The summed E-state index contributed by atoms with van der Waals surface area (Å²) in [5.41, 5.74) is 7.81. The van der Waals surface area contributed by atoms with Gasteiger partial charge in [-0.1, -0.05) is 0 Å². The minimum absolute atomic E-state index is 0.0316. The van der Waals surface area contributed by atoms with E-state index in [2.05, 4.69) is 39.9 Å². The normalized spacial score (nSPS) is 25.9. The molecule has 132 valence electrons. The molecule has 2 fully saturated rings. The van der Waals surface area contributed by atoms with Crippen LogP contribution in [0, 0.1) is 34.6 Å². The van der Waals surface area contributed by atoms with Crippen molar-refractivity contribution in [3.63, 3.8) is 0 Å². The third-order valence-electron chi connectivity index (χ3n) is 6.51. The smallest absolute Gasteiger partial charge is 0.318 e. The Labute approximate surface area is 145 Å². The Morgan fingerprint density at radius 1 is 0.958 bits per heavy atom. The van der Waals surface area contributed by atoms with Gasteiger partial charge in [0.1, 0.15) is 0 Å². The number of urea groups is 1. The number of hydrogen-bond acceptors (Lipinski definition) is 2. The van der Waals surface area contributed by atoms with Gasteiger partial charge in [-0.15, -0.1) is 0 Å². The number of carbonyl (C=O) groups excluding carboxylic acids is 1. The molecule has 4 heteroatoms. The molecule has 0 spiro atoms. The monoisotopic (exact) mass is 330 g/mol. The van der Waals surface area contributed by atoms with E-state index in [1.54, 1.807) is 0 Å². The van der Waals surface area contributed by atoms with Gasteiger partial charge in [0.25, 0.3) is 0 Å². The van der Waals surface area contributed by atoms with Gasteiger partial charge in [-0.3, -0.25) is 0 Å². The molecule has 2 N–H and O–H groups in total. The van der Waals surface area contributed by atoms with Crippen molar-refractivity contribution in [1.29, 1.82) is 0 Å². The first-order valence-corrected chi connectivity index (χ1v) is 9.11. The first-order chi connectivity index (χ1) is 11.3. The van der Waals surface area contributed by atoms with Gasteiger partial charge in [-0.25, -0.2) is 4.79 Å². The molecular formula is C20H30N2O2. The van der Waals surface area contributed by atoms with Crippen LogP contribution in [0.15, 0.2) is 0 Å². The highest BCUT2D eigenvalue weighted by Gasteiger charge is 2.42. The summed E-state index contributed by atoms with van der Waals surface area (Å²) in [6.45, 7) is 11.4. The Hall–Kier alpha value is -1.55. The maximum absolute atomic E-state index is 12.7. The molecule has 2 heterocycles. The van der Waals surface area contributed by atoms with E-state index in [0.29, 0.717) is 6.54 Å². The predicted molar refractivity (Wildman–Crippen MR) is 96.3 cm³/mol. The van der Waals surface area contributed by atoms with Crippen molar-refractivity contribution in [2.75, 3.05) is 0 Å². The lowest BCUT2D eigenvalue weighted by Gasteiger charge is -2.37. The molecular weight excluding hydrogens is 300 g/mol. The molecule has 0 radical (unpaired) electrons. The topological polar surface area (TPSA) is 52.6 Å². The first kappa shape index (κ1) is 17.3. The zero-order valence-corrected chi connectivity index (χ0v) is 15.6. The number of piperidine rings is 1. The fourth-order valence-corrected chi connectivity index (χ4v) is 4.58. The van der Waals surface area contributed by atoms with Gasteiger partial charge in [-0.05, 0) is 93.7 Å². The number of nitrogens with one attached hydrogen (secondary N) is 1. The van der Waals surface area contributed by atoms with Crippen LogP contribution in [0.1, 0.15) is 59.1 Å². The van der Waals surface area contributed by atoms with Gasteiger partial charge in [0, 0.05) is 18.6 Å². The van der Waals surface area contributed by atoms with E-state index in [1.807, 2.05) is 4.90 Å². The van der Waals surface area contributed by atoms with Crippen LogP contribution < -0.4 is 5.32 Å². The standard InChI is InChI=1S/C20H30N2O2/c1-11-12(2)14(4)19(15(5)13(11)3)10-21-20(24)22-16-6-7-17(22)9-18(23)8-16/h16-18,23H,6-10H2,1-5H3,(H,21,24). The lowest BCUT2D eigenvalue weighted by molar-refractivity contribution is 0.0541. The van der Waals surface area contributed by atoms with Crippen molar-refractivity contribution in [3.05, 3.63) is 33.4 Å². The van der Waals surface area contributed by atoms with E-state index in [4.69, 9.17) is 0 Å². The Morgan fingerprint density at radius 2 is 1.42 bits per heavy atom. The van der Waals surface area contributed by atoms with Gasteiger partial charge >= 0.3 is 6.03 Å². The zero-order valence-electron chi connectivity index (χ0n) is 15.6. The largest absolute Gasteiger partial charge is 0.393 e. The molecule has 2 amide bonds. The fraction of sp³-hybridized carbons (Fsp3) is 0.650. The van der Waals surface area contributed by atoms with Gasteiger partial charge in [0.2, 0.25) is 0 Å². The van der Waals surface area contributed by atoms with Crippen LogP contribution in [0.2, 0.25) is 0 Å². The molecule has 4 nitrogen and oxygen atoms in total. The van der Waals surface area contributed by atoms with E-state index in [1.165, 1.54) is 33.4 Å². The maximum Gasteiger partial charge on any atom is 0.318 e. The molecule has 24 heavy (non-hydrogen) atoms. The molecule has 0 aliphatic carbocycles. The molecule has 0 saturated carbocycles. The number of hydrogen-bond donors (Lipinski definition) is 2. The molecule has 2 aliphatic heterocycles. The number of amides is 2. The van der Waals surface area contributed by atoms with Crippen molar-refractivity contribution in [2.24, 2.45) is 0 Å². The van der Waals surface area contributed by atoms with Crippen LogP contribution in [0.4, 0.5) is 4.79 Å². The summed E-state index contributed by atoms with van der Waals surface area (Å²) in [4.78, 5) is 14.7. The summed E-state index contributed by atoms with van der Waals surface area (Å²) in [6, 6.07) is 0.453. The second-order valence-corrected chi connectivity index (χ2v) is 7.68. The second kappa shape index (κ2) is 6.40. The van der Waals surface area contributed by atoms with Gasteiger partial charge < -0.3 is 15.3 Å². The lowest BCUT2D eigenvalue weighted by Crippen LogP contribution is -2.51. The van der Waals surface area contributed by atoms with E-state index >= 15 is 0 Å². The maximum atomic E-state index is 12.7. The molecule has 2 saturated heterocycles. The Morgan fingerprint density at radius 3 is 1.92 bits per heavy atom. The third-order valence-corrected chi connectivity index (χ3v) is 6.51. The van der Waals surface area contributed by atoms with Crippen LogP contribution in [0.5, 0.6) is 0 Å². The van der Waals surface area contributed by atoms with Crippen molar-refractivity contribution in [3.8, 4) is 0 Å². The number of nitrogens with zero attached hydrogens (tertiary/aromatic N) is 1. The molecule has 2 bridgehead atoms. The number of aliphatic hydroxyl groups is 1. The summed E-state index contributed by atoms with van der Waals surface area (Å²) < 4.78 is 0. The van der Waals surface area contributed by atoms with Crippen LogP contribution in [0.3, 0.4) is 0 Å². The molecule has 2 atom stereocenters. The quantitative estimate of drug-likeness (QED) is 0.873. The Kier molecular flexibility index (Phi) is 4.60. The number of rotatable bonds is 2. The highest BCUT2D eigenvalue weighted by molar-refractivity contribution is 5.75. The number of aliphatic hydroxyl groups excluding tert-OH is 1. The summed E-state index contributed by atoms with van der Waals surface area (Å²) in [5.74, 6) is 0. The summed E-state index contributed by atoms with van der Waals surface area (Å²) in [7, 11) is 0. The molecule has 2 aliphatic rings. The number of benzene rings is 1. The van der Waals surface area contributed by atoms with Crippen LogP contribution in [-0.2, 0) is 6.54 Å². The highest BCUT2D eigenvalue weighted by atomic mass is 16.3. The minimum atomic E-state index is -0.238. The lowest BCUT2D eigenvalue weighted by atomic mass is 9.89. The van der Waals surface area contributed by atoms with Crippen LogP contribution in [-0.4, -0.2) is 34.2 Å². The first-order valence-electron chi connectivity index (χ1n) is 9.11. The van der Waals surface area contributed by atoms with Gasteiger partial charge in [0.15, 0.2) is 0 Å². The van der Waals surface area contributed by atoms with E-state index < -0.39 is 0 Å². The molecule has 2 unspecified atom stereocenters. The Balaban J connectivity index is 1.74. The van der Waals surface area contributed by atoms with E-state index in [0.717, 1.165) is 25.7 Å². The van der Waals surface area contributed by atoms with Crippen LogP contribution in [0.25, 0.3) is 0 Å². The van der Waals surface area contributed by atoms with E-state index in [-0.39, 0.29) is 24.2 Å². The van der Waals surface area contributed by atoms with Crippen LogP contribution >= 0.6 is 0 Å². The Bertz CT molecular complexity index is 625. The zero-order chi connectivity index (χ0) is 17.6. The van der Waals surface area contributed by atoms with Gasteiger partial charge in [0.05, 0.1) is 6.10 Å². The van der Waals surface area contributed by atoms with Crippen molar-refractivity contribution >= 4 is 6.03 Å². The molecule has 1 aromatic carbocycles. The van der Waals surface area contributed by atoms with E-state index in [9.17, 15) is 9.90 Å². The summed E-state index contributed by atoms with van der Waals surface area (Å²) >= 11 is 0. The summed E-state index contributed by atoms with van der Waals surface area (Å²) in [6.07, 6.45) is 3.26. The predicted octanol–water partition coefficient (Wildman–Crippen LogP) is 3.43. The van der Waals surface area contributed by atoms with Crippen molar-refractivity contribution in [1.82, 2.24) is 10.2 Å². The molecule has 3 rings (SSSR count).